The lowest BCUT2D eigenvalue weighted by molar-refractivity contribution is 0.237. The highest BCUT2D eigenvalue weighted by atomic mass is 15.0. The predicted molar refractivity (Wildman–Crippen MR) is 68.2 cm³/mol. The van der Waals surface area contributed by atoms with E-state index in [1.54, 1.807) is 0 Å². The second-order valence-corrected chi connectivity index (χ2v) is 5.47. The molecule has 0 aromatic rings. The van der Waals surface area contributed by atoms with Gasteiger partial charge in [-0.3, -0.25) is 0 Å². The largest absolute Gasteiger partial charge is 0.311 e. The Kier molecular flexibility index (Phi) is 5.66. The van der Waals surface area contributed by atoms with Crippen LogP contribution in [0, 0.1) is 5.92 Å². The lowest BCUT2D eigenvalue weighted by atomic mass is 9.81. The first-order valence-corrected chi connectivity index (χ1v) is 6.97. The smallest absolute Gasteiger partial charge is 0.0181 e. The summed E-state index contributed by atoms with van der Waals surface area (Å²) in [6, 6.07) is 0. The predicted octanol–water partition coefficient (Wildman–Crippen LogP) is 4.13. The Hall–Kier alpha value is -0.0400. The van der Waals surface area contributed by atoms with E-state index in [4.69, 9.17) is 0 Å². The Morgan fingerprint density at radius 3 is 2.67 bits per heavy atom. The third kappa shape index (κ3) is 4.14. The van der Waals surface area contributed by atoms with E-state index in [2.05, 4.69) is 26.1 Å². The first-order chi connectivity index (χ1) is 7.22. The van der Waals surface area contributed by atoms with Crippen LogP contribution >= 0.6 is 0 Å². The van der Waals surface area contributed by atoms with Crippen molar-refractivity contribution in [2.45, 2.75) is 77.7 Å². The van der Waals surface area contributed by atoms with Gasteiger partial charge in [0, 0.05) is 5.54 Å². The van der Waals surface area contributed by atoms with Gasteiger partial charge in [-0.1, -0.05) is 46.5 Å². The van der Waals surface area contributed by atoms with Crippen molar-refractivity contribution in [3.63, 3.8) is 0 Å². The number of rotatable bonds is 5. The molecule has 2 atom stereocenters. The number of nitrogens with one attached hydrogen (secondary N) is 1. The van der Waals surface area contributed by atoms with Crippen molar-refractivity contribution in [2.24, 2.45) is 5.92 Å². The molecule has 1 nitrogen and oxygen atoms in total. The Morgan fingerprint density at radius 1 is 1.20 bits per heavy atom. The fraction of sp³-hybridized carbons (Fsp3) is 1.00. The minimum absolute atomic E-state index is 0.477. The molecule has 0 bridgehead atoms. The van der Waals surface area contributed by atoms with Crippen molar-refractivity contribution in [3.8, 4) is 0 Å². The standard InChI is InChI=1S/C14H29N/c1-4-9-13(3)12-14(5-2)10-7-6-8-11-15-14/h13,15H,4-12H2,1-3H3. The molecular weight excluding hydrogens is 182 g/mol. The Morgan fingerprint density at radius 2 is 2.00 bits per heavy atom. The average Bonchev–Trinajstić information content (AvgIpc) is 2.44. The summed E-state index contributed by atoms with van der Waals surface area (Å²) >= 11 is 0. The van der Waals surface area contributed by atoms with Crippen LogP contribution in [0.4, 0.5) is 0 Å². The monoisotopic (exact) mass is 211 g/mol. The summed E-state index contributed by atoms with van der Waals surface area (Å²) < 4.78 is 0. The molecule has 90 valence electrons. The Labute approximate surface area is 96.0 Å². The van der Waals surface area contributed by atoms with Crippen LogP contribution in [0.5, 0.6) is 0 Å². The molecule has 2 unspecified atom stereocenters. The second kappa shape index (κ2) is 6.52. The van der Waals surface area contributed by atoms with Gasteiger partial charge in [0.2, 0.25) is 0 Å². The lowest BCUT2D eigenvalue weighted by Crippen LogP contribution is -2.45. The minimum atomic E-state index is 0.477. The van der Waals surface area contributed by atoms with E-state index in [0.717, 1.165) is 5.92 Å². The third-order valence-electron chi connectivity index (χ3n) is 4.03. The minimum Gasteiger partial charge on any atom is -0.311 e. The van der Waals surface area contributed by atoms with Crippen molar-refractivity contribution in [3.05, 3.63) is 0 Å². The zero-order valence-corrected chi connectivity index (χ0v) is 10.9. The first kappa shape index (κ1) is 13.0. The Bertz CT molecular complexity index is 157. The molecule has 0 aliphatic carbocycles. The number of hydrogen-bond acceptors (Lipinski definition) is 1. The molecule has 0 aromatic carbocycles. The van der Waals surface area contributed by atoms with Crippen molar-refractivity contribution < 1.29 is 0 Å². The molecule has 1 fully saturated rings. The van der Waals surface area contributed by atoms with Crippen LogP contribution in [0.1, 0.15) is 72.1 Å². The van der Waals surface area contributed by atoms with Crippen molar-refractivity contribution in [2.75, 3.05) is 6.54 Å². The quantitative estimate of drug-likeness (QED) is 0.721. The molecule has 0 amide bonds. The van der Waals surface area contributed by atoms with E-state index >= 15 is 0 Å². The maximum atomic E-state index is 3.83. The van der Waals surface area contributed by atoms with Gasteiger partial charge in [-0.25, -0.2) is 0 Å². The normalized spacial score (nSPS) is 29.8. The highest BCUT2D eigenvalue weighted by molar-refractivity contribution is 4.89. The van der Waals surface area contributed by atoms with Crippen molar-refractivity contribution in [1.82, 2.24) is 5.32 Å². The molecule has 1 aliphatic rings. The summed E-state index contributed by atoms with van der Waals surface area (Å²) in [4.78, 5) is 0. The zero-order valence-electron chi connectivity index (χ0n) is 10.9. The molecule has 0 radical (unpaired) electrons. The number of hydrogen-bond donors (Lipinski definition) is 1. The van der Waals surface area contributed by atoms with Crippen LogP contribution < -0.4 is 5.32 Å². The maximum absolute atomic E-state index is 3.83. The van der Waals surface area contributed by atoms with E-state index in [-0.39, 0.29) is 0 Å². The Balaban J connectivity index is 2.49. The van der Waals surface area contributed by atoms with E-state index in [1.165, 1.54) is 57.9 Å². The summed E-state index contributed by atoms with van der Waals surface area (Å²) in [7, 11) is 0. The third-order valence-corrected chi connectivity index (χ3v) is 4.03. The zero-order chi connectivity index (χ0) is 11.1. The van der Waals surface area contributed by atoms with Crippen molar-refractivity contribution >= 4 is 0 Å². The maximum Gasteiger partial charge on any atom is 0.0181 e. The SMILES string of the molecule is CCCC(C)CC1(CC)CCCCCN1. The molecule has 1 aliphatic heterocycles. The van der Waals surface area contributed by atoms with Crippen LogP contribution in [0.3, 0.4) is 0 Å². The van der Waals surface area contributed by atoms with Crippen LogP contribution in [0.2, 0.25) is 0 Å². The average molecular weight is 211 g/mol. The molecule has 1 heteroatoms. The highest BCUT2D eigenvalue weighted by Crippen LogP contribution is 2.30. The molecule has 1 rings (SSSR count). The van der Waals surface area contributed by atoms with Gasteiger partial charge in [-0.15, -0.1) is 0 Å². The fourth-order valence-electron chi connectivity index (χ4n) is 3.09. The van der Waals surface area contributed by atoms with Gasteiger partial charge in [0.05, 0.1) is 0 Å². The van der Waals surface area contributed by atoms with Gasteiger partial charge in [0.1, 0.15) is 0 Å². The van der Waals surface area contributed by atoms with Crippen molar-refractivity contribution in [1.29, 1.82) is 0 Å². The van der Waals surface area contributed by atoms with E-state index in [0.29, 0.717) is 5.54 Å². The van der Waals surface area contributed by atoms with Crippen LogP contribution in [-0.4, -0.2) is 12.1 Å². The highest BCUT2D eigenvalue weighted by Gasteiger charge is 2.29. The first-order valence-electron chi connectivity index (χ1n) is 6.97. The second-order valence-electron chi connectivity index (χ2n) is 5.47. The van der Waals surface area contributed by atoms with Gasteiger partial charge in [0.25, 0.3) is 0 Å². The summed E-state index contributed by atoms with van der Waals surface area (Å²) in [5.74, 6) is 0.889. The van der Waals surface area contributed by atoms with Gasteiger partial charge in [-0.2, -0.15) is 0 Å². The van der Waals surface area contributed by atoms with Gasteiger partial charge < -0.3 is 5.32 Å². The molecule has 0 saturated carbocycles. The van der Waals surface area contributed by atoms with Crippen LogP contribution in [-0.2, 0) is 0 Å². The molecule has 0 aromatic heterocycles. The topological polar surface area (TPSA) is 12.0 Å². The summed E-state index contributed by atoms with van der Waals surface area (Å²) in [5, 5.41) is 3.83. The molecule has 0 spiro atoms. The van der Waals surface area contributed by atoms with Gasteiger partial charge >= 0.3 is 0 Å². The fourth-order valence-corrected chi connectivity index (χ4v) is 3.09. The molecule has 15 heavy (non-hydrogen) atoms. The van der Waals surface area contributed by atoms with Crippen LogP contribution in [0.25, 0.3) is 0 Å². The molecule has 1 heterocycles. The molecule has 1 saturated heterocycles. The van der Waals surface area contributed by atoms with Crippen LogP contribution in [0.15, 0.2) is 0 Å². The van der Waals surface area contributed by atoms with E-state index in [9.17, 15) is 0 Å². The summed E-state index contributed by atoms with van der Waals surface area (Å²) in [6.07, 6.45) is 11.1. The van der Waals surface area contributed by atoms with Gasteiger partial charge in [0.15, 0.2) is 0 Å². The summed E-state index contributed by atoms with van der Waals surface area (Å²) in [6.45, 7) is 8.33. The van der Waals surface area contributed by atoms with E-state index in [1.807, 2.05) is 0 Å². The molecular formula is C14H29N. The van der Waals surface area contributed by atoms with Gasteiger partial charge in [-0.05, 0) is 38.1 Å². The lowest BCUT2D eigenvalue weighted by Gasteiger charge is -2.35. The summed E-state index contributed by atoms with van der Waals surface area (Å²) in [5.41, 5.74) is 0.477. The van der Waals surface area contributed by atoms with E-state index < -0.39 is 0 Å². The molecule has 1 N–H and O–H groups in total.